The van der Waals surface area contributed by atoms with Crippen molar-refractivity contribution in [3.05, 3.63) is 54.1 Å². The molecule has 0 aromatic heterocycles. The minimum atomic E-state index is -0.0793. The molecule has 2 aromatic carbocycles. The Balaban J connectivity index is 1.50. The minimum Gasteiger partial charge on any atom is -0.497 e. The molecule has 0 atom stereocenters. The number of nitrogens with zero attached hydrogens (tertiary/aromatic N) is 1. The first-order valence-electron chi connectivity index (χ1n) is 10.7. The van der Waals surface area contributed by atoms with Gasteiger partial charge in [-0.15, -0.1) is 0 Å². The van der Waals surface area contributed by atoms with Gasteiger partial charge in [-0.1, -0.05) is 6.07 Å². The van der Waals surface area contributed by atoms with E-state index in [1.165, 1.54) is 5.69 Å². The zero-order chi connectivity index (χ0) is 22.2. The topological polar surface area (TPSA) is 60.0 Å². The van der Waals surface area contributed by atoms with Crippen molar-refractivity contribution in [3.8, 4) is 17.2 Å². The molecule has 0 unspecified atom stereocenters. The van der Waals surface area contributed by atoms with Gasteiger partial charge in [0.15, 0.2) is 11.5 Å². The molecular formula is C25H32N2O4. The Bertz CT molecular complexity index is 885. The predicted molar refractivity (Wildman–Crippen MR) is 124 cm³/mol. The number of methoxy groups -OCH3 is 2. The van der Waals surface area contributed by atoms with Crippen LogP contribution in [0.15, 0.2) is 48.5 Å². The van der Waals surface area contributed by atoms with Gasteiger partial charge >= 0.3 is 0 Å². The zero-order valence-electron chi connectivity index (χ0n) is 18.8. The third kappa shape index (κ3) is 6.41. The second kappa shape index (κ2) is 10.8. The lowest BCUT2D eigenvalue weighted by molar-refractivity contribution is -0.117. The summed E-state index contributed by atoms with van der Waals surface area (Å²) in [5.74, 6) is 2.13. The first-order valence-corrected chi connectivity index (χ1v) is 10.7. The van der Waals surface area contributed by atoms with Crippen molar-refractivity contribution in [2.24, 2.45) is 0 Å². The van der Waals surface area contributed by atoms with E-state index in [1.54, 1.807) is 26.4 Å². The maximum absolute atomic E-state index is 12.4. The normalized spacial score (nSPS) is 14.7. The average molecular weight is 425 g/mol. The van der Waals surface area contributed by atoms with Crippen LogP contribution < -0.4 is 24.4 Å². The fraction of sp³-hybridized carbons (Fsp3) is 0.400. The molecule has 0 bridgehead atoms. The van der Waals surface area contributed by atoms with E-state index in [0.717, 1.165) is 37.2 Å². The van der Waals surface area contributed by atoms with Crippen molar-refractivity contribution in [1.29, 1.82) is 0 Å². The second-order valence-corrected chi connectivity index (χ2v) is 7.88. The number of anilines is 1. The molecule has 166 valence electrons. The van der Waals surface area contributed by atoms with Gasteiger partial charge in [-0.25, -0.2) is 0 Å². The van der Waals surface area contributed by atoms with Crippen molar-refractivity contribution in [1.82, 2.24) is 5.32 Å². The smallest absolute Gasteiger partial charge is 0.244 e. The van der Waals surface area contributed by atoms with E-state index in [0.29, 0.717) is 11.5 Å². The highest BCUT2D eigenvalue weighted by Gasteiger charge is 2.20. The van der Waals surface area contributed by atoms with Crippen molar-refractivity contribution >= 4 is 17.7 Å². The van der Waals surface area contributed by atoms with E-state index >= 15 is 0 Å². The number of rotatable bonds is 8. The van der Waals surface area contributed by atoms with Crippen LogP contribution in [0.2, 0.25) is 0 Å². The fourth-order valence-electron chi connectivity index (χ4n) is 3.64. The van der Waals surface area contributed by atoms with E-state index in [9.17, 15) is 4.79 Å². The van der Waals surface area contributed by atoms with Gasteiger partial charge in [0.2, 0.25) is 5.91 Å². The van der Waals surface area contributed by atoms with Gasteiger partial charge in [0.05, 0.1) is 20.3 Å². The standard InChI is InChI=1S/C25H32N2O4/c1-18(2)31-23-11-5-19(17-24(23)30-4)6-12-25(28)26-20-13-15-27(16-14-20)21-7-9-22(29-3)10-8-21/h5-12,17-18,20H,13-16H2,1-4H3,(H,26,28)/b12-6+. The molecule has 1 N–H and O–H groups in total. The van der Waals surface area contributed by atoms with Crippen molar-refractivity contribution in [2.45, 2.75) is 38.8 Å². The van der Waals surface area contributed by atoms with Crippen LogP contribution in [0.25, 0.3) is 6.08 Å². The van der Waals surface area contributed by atoms with Crippen LogP contribution in [0.5, 0.6) is 17.2 Å². The molecule has 1 aliphatic rings. The summed E-state index contributed by atoms with van der Waals surface area (Å²) < 4.78 is 16.4. The largest absolute Gasteiger partial charge is 0.497 e. The summed E-state index contributed by atoms with van der Waals surface area (Å²) in [5.41, 5.74) is 2.07. The molecule has 2 aromatic rings. The number of hydrogen-bond donors (Lipinski definition) is 1. The summed E-state index contributed by atoms with van der Waals surface area (Å²) in [6, 6.07) is 13.9. The Kier molecular flexibility index (Phi) is 7.82. The highest BCUT2D eigenvalue weighted by molar-refractivity contribution is 5.92. The zero-order valence-corrected chi connectivity index (χ0v) is 18.8. The Morgan fingerprint density at radius 2 is 1.74 bits per heavy atom. The highest BCUT2D eigenvalue weighted by Crippen LogP contribution is 2.29. The summed E-state index contributed by atoms with van der Waals surface area (Å²) in [6.07, 6.45) is 5.27. The van der Waals surface area contributed by atoms with Gasteiger partial charge in [0.1, 0.15) is 5.75 Å². The first kappa shape index (κ1) is 22.5. The number of hydrogen-bond acceptors (Lipinski definition) is 5. The third-order valence-corrected chi connectivity index (χ3v) is 5.26. The Hall–Kier alpha value is -3.15. The second-order valence-electron chi connectivity index (χ2n) is 7.88. The van der Waals surface area contributed by atoms with Crippen molar-refractivity contribution in [3.63, 3.8) is 0 Å². The van der Waals surface area contributed by atoms with Crippen molar-refractivity contribution < 1.29 is 19.0 Å². The van der Waals surface area contributed by atoms with E-state index < -0.39 is 0 Å². The molecule has 6 heteroatoms. The molecule has 1 amide bonds. The minimum absolute atomic E-state index is 0.0669. The molecule has 3 rings (SSSR count). The Morgan fingerprint density at radius 1 is 1.03 bits per heavy atom. The molecule has 6 nitrogen and oxygen atoms in total. The summed E-state index contributed by atoms with van der Waals surface area (Å²) in [7, 11) is 3.28. The van der Waals surface area contributed by atoms with Crippen LogP contribution in [0.1, 0.15) is 32.3 Å². The van der Waals surface area contributed by atoms with Gasteiger partial charge < -0.3 is 24.4 Å². The van der Waals surface area contributed by atoms with E-state index in [1.807, 2.05) is 44.2 Å². The lowest BCUT2D eigenvalue weighted by Gasteiger charge is -2.33. The van der Waals surface area contributed by atoms with Crippen molar-refractivity contribution in [2.75, 3.05) is 32.2 Å². The molecule has 0 radical (unpaired) electrons. The summed E-state index contributed by atoms with van der Waals surface area (Å²) in [5, 5.41) is 3.12. The first-order chi connectivity index (χ1) is 15.0. The van der Waals surface area contributed by atoms with Gasteiger partial charge in [0.25, 0.3) is 0 Å². The molecule has 0 spiro atoms. The van der Waals surface area contributed by atoms with Gasteiger partial charge in [0, 0.05) is 30.9 Å². The van der Waals surface area contributed by atoms with Crippen LogP contribution in [0.3, 0.4) is 0 Å². The van der Waals surface area contributed by atoms with Crippen LogP contribution in [0.4, 0.5) is 5.69 Å². The number of carbonyl (C=O) groups excluding carboxylic acids is 1. The Labute approximate surface area is 184 Å². The molecule has 0 aliphatic carbocycles. The van der Waals surface area contributed by atoms with E-state index in [-0.39, 0.29) is 18.1 Å². The monoisotopic (exact) mass is 424 g/mol. The molecule has 1 aliphatic heterocycles. The molecule has 0 saturated carbocycles. The SMILES string of the molecule is COc1ccc(N2CCC(NC(=O)/C=C/c3ccc(OC(C)C)c(OC)c3)CC2)cc1. The van der Waals surface area contributed by atoms with Crippen LogP contribution in [-0.4, -0.2) is 45.4 Å². The quantitative estimate of drug-likeness (QED) is 0.641. The maximum Gasteiger partial charge on any atom is 0.244 e. The van der Waals surface area contributed by atoms with Gasteiger partial charge in [-0.05, 0) is 74.7 Å². The number of benzene rings is 2. The number of carbonyl (C=O) groups is 1. The lowest BCUT2D eigenvalue weighted by atomic mass is 10.0. The summed E-state index contributed by atoms with van der Waals surface area (Å²) >= 11 is 0. The van der Waals surface area contributed by atoms with E-state index in [2.05, 4.69) is 22.3 Å². The molecule has 31 heavy (non-hydrogen) atoms. The van der Waals surface area contributed by atoms with Crippen LogP contribution >= 0.6 is 0 Å². The third-order valence-electron chi connectivity index (χ3n) is 5.26. The number of nitrogens with one attached hydrogen (secondary N) is 1. The van der Waals surface area contributed by atoms with E-state index in [4.69, 9.17) is 14.2 Å². The fourth-order valence-corrected chi connectivity index (χ4v) is 3.64. The molecular weight excluding hydrogens is 392 g/mol. The van der Waals surface area contributed by atoms with Gasteiger partial charge in [-0.3, -0.25) is 4.79 Å². The highest BCUT2D eigenvalue weighted by atomic mass is 16.5. The molecule has 1 heterocycles. The van der Waals surface area contributed by atoms with Crippen LogP contribution in [-0.2, 0) is 4.79 Å². The molecule has 1 fully saturated rings. The number of amides is 1. The van der Waals surface area contributed by atoms with Crippen LogP contribution in [0, 0.1) is 0 Å². The number of piperidine rings is 1. The lowest BCUT2D eigenvalue weighted by Crippen LogP contribution is -2.44. The summed E-state index contributed by atoms with van der Waals surface area (Å²) in [6.45, 7) is 5.77. The summed E-state index contributed by atoms with van der Waals surface area (Å²) in [4.78, 5) is 14.7. The average Bonchev–Trinajstić information content (AvgIpc) is 2.78. The van der Waals surface area contributed by atoms with Gasteiger partial charge in [-0.2, -0.15) is 0 Å². The Morgan fingerprint density at radius 3 is 2.35 bits per heavy atom. The number of ether oxygens (including phenoxy) is 3. The molecule has 1 saturated heterocycles. The maximum atomic E-state index is 12.4. The predicted octanol–water partition coefficient (Wildman–Crippen LogP) is 4.29.